The maximum absolute atomic E-state index is 12.2. The summed E-state index contributed by atoms with van der Waals surface area (Å²) >= 11 is 0. The highest BCUT2D eigenvalue weighted by molar-refractivity contribution is 5.76. The third-order valence-corrected chi connectivity index (χ3v) is 6.29. The molecule has 1 amide bonds. The number of aliphatic hydroxyl groups excluding tert-OH is 3. The Kier molecular flexibility index (Phi) is 24.1. The quantitative estimate of drug-likeness (QED) is 0.0954. The number of nitrogens with one attached hydrogen (secondary N) is 1. The number of rotatable bonds is 24. The van der Waals surface area contributed by atoms with Gasteiger partial charge in [-0.3, -0.25) is 4.79 Å². The van der Waals surface area contributed by atoms with Gasteiger partial charge in [0.05, 0.1) is 18.8 Å². The van der Waals surface area contributed by atoms with E-state index in [4.69, 9.17) is 0 Å². The molecule has 5 nitrogen and oxygen atoms in total. The van der Waals surface area contributed by atoms with Crippen LogP contribution >= 0.6 is 0 Å². The fourth-order valence-corrected chi connectivity index (χ4v) is 3.98. The van der Waals surface area contributed by atoms with Gasteiger partial charge >= 0.3 is 0 Å². The molecular formula is C29H55NO4. The predicted octanol–water partition coefficient (Wildman–Crippen LogP) is 6.36. The molecule has 4 N–H and O–H groups in total. The summed E-state index contributed by atoms with van der Waals surface area (Å²) in [5.74, 6) is -0.167. The maximum Gasteiger partial charge on any atom is 0.220 e. The highest BCUT2D eigenvalue weighted by atomic mass is 16.3. The maximum atomic E-state index is 12.2. The lowest BCUT2D eigenvalue weighted by Gasteiger charge is -2.26. The van der Waals surface area contributed by atoms with Gasteiger partial charge in [0.25, 0.3) is 0 Å². The predicted molar refractivity (Wildman–Crippen MR) is 144 cm³/mol. The van der Waals surface area contributed by atoms with Gasteiger partial charge in [-0.1, -0.05) is 102 Å². The molecule has 0 aliphatic heterocycles. The van der Waals surface area contributed by atoms with Gasteiger partial charge < -0.3 is 20.6 Å². The van der Waals surface area contributed by atoms with E-state index in [2.05, 4.69) is 43.5 Å². The molecule has 3 unspecified atom stereocenters. The monoisotopic (exact) mass is 481 g/mol. The van der Waals surface area contributed by atoms with Crippen LogP contribution in [0.1, 0.15) is 129 Å². The number of aliphatic hydroxyl groups is 3. The van der Waals surface area contributed by atoms with Crippen LogP contribution in [0.5, 0.6) is 0 Å². The number of carbonyl (C=O) groups is 1. The lowest BCUT2D eigenvalue weighted by molar-refractivity contribution is -0.124. The zero-order valence-electron chi connectivity index (χ0n) is 22.2. The fraction of sp³-hybridized carbons (Fsp3) is 0.828. The van der Waals surface area contributed by atoms with Gasteiger partial charge in [-0.05, 0) is 44.9 Å². The van der Waals surface area contributed by atoms with Crippen molar-refractivity contribution in [2.45, 2.75) is 148 Å². The Morgan fingerprint density at radius 3 is 1.76 bits per heavy atom. The van der Waals surface area contributed by atoms with Gasteiger partial charge in [-0.2, -0.15) is 0 Å². The van der Waals surface area contributed by atoms with Gasteiger partial charge in [-0.15, -0.1) is 0 Å². The summed E-state index contributed by atoms with van der Waals surface area (Å²) < 4.78 is 0. The molecule has 0 aliphatic carbocycles. The Labute approximate surface area is 210 Å². The molecule has 34 heavy (non-hydrogen) atoms. The molecule has 0 spiro atoms. The SMILES string of the molecule is CCCC/C=C/CC/C=C/CCCC(O)C(O)C(CO)NC(=O)CCCCCCCCCCC. The van der Waals surface area contributed by atoms with Crippen molar-refractivity contribution in [1.29, 1.82) is 0 Å². The van der Waals surface area contributed by atoms with E-state index in [1.807, 2.05) is 0 Å². The van der Waals surface area contributed by atoms with E-state index < -0.39 is 18.2 Å². The van der Waals surface area contributed by atoms with Crippen LogP contribution in [-0.2, 0) is 4.79 Å². The molecule has 0 saturated heterocycles. The second-order valence-electron chi connectivity index (χ2n) is 9.59. The van der Waals surface area contributed by atoms with Crippen molar-refractivity contribution >= 4 is 5.91 Å². The first-order chi connectivity index (χ1) is 16.6. The van der Waals surface area contributed by atoms with E-state index in [-0.39, 0.29) is 12.5 Å². The molecule has 0 rings (SSSR count). The van der Waals surface area contributed by atoms with Crippen molar-refractivity contribution in [3.63, 3.8) is 0 Å². The largest absolute Gasteiger partial charge is 0.394 e. The van der Waals surface area contributed by atoms with Crippen molar-refractivity contribution in [3.8, 4) is 0 Å². The highest BCUT2D eigenvalue weighted by Crippen LogP contribution is 2.12. The number of allylic oxidation sites excluding steroid dienone is 4. The van der Waals surface area contributed by atoms with Crippen LogP contribution in [0.25, 0.3) is 0 Å². The minimum Gasteiger partial charge on any atom is -0.394 e. The summed E-state index contributed by atoms with van der Waals surface area (Å²) in [6, 6.07) is -0.823. The van der Waals surface area contributed by atoms with Gasteiger partial charge in [0.2, 0.25) is 5.91 Å². The topological polar surface area (TPSA) is 89.8 Å². The molecule has 3 atom stereocenters. The Morgan fingerprint density at radius 2 is 1.21 bits per heavy atom. The molecule has 5 heteroatoms. The van der Waals surface area contributed by atoms with Crippen molar-refractivity contribution in [2.24, 2.45) is 0 Å². The third kappa shape index (κ3) is 20.2. The first kappa shape index (κ1) is 32.8. The Morgan fingerprint density at radius 1 is 0.706 bits per heavy atom. The number of amides is 1. The highest BCUT2D eigenvalue weighted by Gasteiger charge is 2.26. The van der Waals surface area contributed by atoms with E-state index in [0.29, 0.717) is 12.8 Å². The zero-order valence-corrected chi connectivity index (χ0v) is 22.2. The van der Waals surface area contributed by atoms with Crippen LogP contribution < -0.4 is 5.32 Å². The van der Waals surface area contributed by atoms with Crippen LogP contribution in [0, 0.1) is 0 Å². The summed E-state index contributed by atoms with van der Waals surface area (Å²) in [7, 11) is 0. The molecule has 0 heterocycles. The standard InChI is InChI=1S/C29H55NO4/c1-3-5-7-9-11-13-14-16-17-19-21-23-27(32)29(34)26(25-31)30-28(33)24-22-20-18-15-12-10-8-6-4-2/h9,11,16-17,26-27,29,31-32,34H,3-8,10,12-15,18-25H2,1-2H3,(H,30,33)/b11-9+,17-16+. The van der Waals surface area contributed by atoms with E-state index in [1.165, 1.54) is 51.4 Å². The first-order valence-corrected chi connectivity index (χ1v) is 14.1. The van der Waals surface area contributed by atoms with E-state index in [9.17, 15) is 20.1 Å². The zero-order chi connectivity index (χ0) is 25.3. The third-order valence-electron chi connectivity index (χ3n) is 6.29. The van der Waals surface area contributed by atoms with Crippen LogP contribution in [0.15, 0.2) is 24.3 Å². The smallest absolute Gasteiger partial charge is 0.220 e. The molecule has 0 aromatic carbocycles. The van der Waals surface area contributed by atoms with Gasteiger partial charge in [0.1, 0.15) is 6.10 Å². The van der Waals surface area contributed by atoms with E-state index in [1.54, 1.807) is 0 Å². The molecule has 0 aromatic rings. The molecule has 0 aliphatic rings. The molecule has 0 saturated carbocycles. The molecular weight excluding hydrogens is 426 g/mol. The number of hydrogen-bond acceptors (Lipinski definition) is 4. The first-order valence-electron chi connectivity index (χ1n) is 14.1. The summed E-state index contributed by atoms with van der Waals surface area (Å²) in [5, 5.41) is 32.9. The summed E-state index contributed by atoms with van der Waals surface area (Å²) in [5.41, 5.74) is 0. The van der Waals surface area contributed by atoms with Crippen molar-refractivity contribution in [2.75, 3.05) is 6.61 Å². The average Bonchev–Trinajstić information content (AvgIpc) is 2.84. The van der Waals surface area contributed by atoms with Crippen molar-refractivity contribution < 1.29 is 20.1 Å². The lowest BCUT2D eigenvalue weighted by atomic mass is 10.0. The molecule has 200 valence electrons. The normalized spacial score (nSPS) is 14.6. The van der Waals surface area contributed by atoms with Crippen LogP contribution in [0.4, 0.5) is 0 Å². The second-order valence-corrected chi connectivity index (χ2v) is 9.59. The minimum atomic E-state index is -1.16. The van der Waals surface area contributed by atoms with E-state index >= 15 is 0 Å². The van der Waals surface area contributed by atoms with Crippen LogP contribution in [0.3, 0.4) is 0 Å². The minimum absolute atomic E-state index is 0.167. The summed E-state index contributed by atoms with van der Waals surface area (Å²) in [6.45, 7) is 4.04. The summed E-state index contributed by atoms with van der Waals surface area (Å²) in [6.07, 6.45) is 25.5. The number of hydrogen-bond donors (Lipinski definition) is 4. The molecule has 0 bridgehead atoms. The van der Waals surface area contributed by atoms with Gasteiger partial charge in [0, 0.05) is 6.42 Å². The Hall–Kier alpha value is -1.17. The van der Waals surface area contributed by atoms with Crippen molar-refractivity contribution in [1.82, 2.24) is 5.32 Å². The lowest BCUT2D eigenvalue weighted by Crippen LogP contribution is -2.50. The van der Waals surface area contributed by atoms with Crippen LogP contribution in [0.2, 0.25) is 0 Å². The Balaban J connectivity index is 3.90. The van der Waals surface area contributed by atoms with Gasteiger partial charge in [0.15, 0.2) is 0 Å². The molecule has 0 aromatic heterocycles. The Bertz CT molecular complexity index is 506. The van der Waals surface area contributed by atoms with Crippen molar-refractivity contribution in [3.05, 3.63) is 24.3 Å². The molecule has 0 fully saturated rings. The average molecular weight is 482 g/mol. The number of unbranched alkanes of at least 4 members (excludes halogenated alkanes) is 12. The molecule has 0 radical (unpaired) electrons. The fourth-order valence-electron chi connectivity index (χ4n) is 3.98. The van der Waals surface area contributed by atoms with Gasteiger partial charge in [-0.25, -0.2) is 0 Å². The second kappa shape index (κ2) is 24.9. The number of carbonyl (C=O) groups excluding carboxylic acids is 1. The summed E-state index contributed by atoms with van der Waals surface area (Å²) in [4.78, 5) is 12.2. The van der Waals surface area contributed by atoms with Crippen LogP contribution in [-0.4, -0.2) is 46.1 Å². The van der Waals surface area contributed by atoms with E-state index in [0.717, 1.165) is 51.4 Å².